The van der Waals surface area contributed by atoms with Crippen molar-refractivity contribution in [3.05, 3.63) is 76.6 Å². The number of fused-ring (bicyclic) bond motifs is 1. The van der Waals surface area contributed by atoms with Gasteiger partial charge in [0.2, 0.25) is 11.0 Å². The highest BCUT2D eigenvalue weighted by atomic mass is 32.1. The molecule has 2 aromatic heterocycles. The van der Waals surface area contributed by atoms with Crippen molar-refractivity contribution in [3.8, 4) is 11.4 Å². The second-order valence-corrected chi connectivity index (χ2v) is 6.48. The van der Waals surface area contributed by atoms with Crippen molar-refractivity contribution < 1.29 is 4.79 Å². The lowest BCUT2D eigenvalue weighted by Crippen LogP contribution is -2.20. The van der Waals surface area contributed by atoms with E-state index in [0.717, 1.165) is 28.0 Å². The second-order valence-electron chi connectivity index (χ2n) is 5.73. The van der Waals surface area contributed by atoms with Crippen molar-refractivity contribution in [1.29, 1.82) is 0 Å². The number of carbonyl (C=O) groups is 1. The lowest BCUT2D eigenvalue weighted by atomic mass is 10.1. The lowest BCUT2D eigenvalue weighted by Gasteiger charge is -2.03. The van der Waals surface area contributed by atoms with Crippen molar-refractivity contribution in [3.63, 3.8) is 0 Å². The molecule has 128 valence electrons. The number of pyridine rings is 1. The van der Waals surface area contributed by atoms with Gasteiger partial charge in [-0.1, -0.05) is 48.5 Å². The van der Waals surface area contributed by atoms with Crippen LogP contribution in [0.15, 0.2) is 65.5 Å². The number of carbonyl (C=O) groups excluding carboxylic acids is 1. The van der Waals surface area contributed by atoms with Crippen LogP contribution in [0.5, 0.6) is 0 Å². The fourth-order valence-electron chi connectivity index (χ4n) is 2.64. The topological polar surface area (TPSA) is 87.7 Å². The summed E-state index contributed by atoms with van der Waals surface area (Å²) >= 11 is 1.11. The van der Waals surface area contributed by atoms with Gasteiger partial charge in [-0.15, -0.1) is 0 Å². The smallest absolute Gasteiger partial charge is 0.252 e. The first kappa shape index (κ1) is 16.2. The first-order valence-electron chi connectivity index (χ1n) is 7.99. The SMILES string of the molecule is O=C(Cc1cc2ccccc2[nH]c1=O)Nc1nc(-c2ccccc2)ns1. The first-order chi connectivity index (χ1) is 12.7. The monoisotopic (exact) mass is 362 g/mol. The molecule has 4 rings (SSSR count). The Kier molecular flexibility index (Phi) is 4.28. The summed E-state index contributed by atoms with van der Waals surface area (Å²) in [5.74, 6) is 0.260. The fourth-order valence-corrected chi connectivity index (χ4v) is 3.24. The van der Waals surface area contributed by atoms with E-state index in [1.807, 2.05) is 54.6 Å². The van der Waals surface area contributed by atoms with Gasteiger partial charge in [0.25, 0.3) is 5.56 Å². The number of hydrogen-bond donors (Lipinski definition) is 2. The Balaban J connectivity index is 1.50. The molecule has 0 aliphatic carbocycles. The number of benzene rings is 2. The highest BCUT2D eigenvalue weighted by molar-refractivity contribution is 7.10. The van der Waals surface area contributed by atoms with Gasteiger partial charge in [-0.05, 0) is 17.5 Å². The number of anilines is 1. The zero-order valence-corrected chi connectivity index (χ0v) is 14.4. The van der Waals surface area contributed by atoms with Gasteiger partial charge in [-0.2, -0.15) is 9.36 Å². The second kappa shape index (κ2) is 6.89. The van der Waals surface area contributed by atoms with E-state index in [2.05, 4.69) is 19.7 Å². The van der Waals surface area contributed by atoms with Crippen LogP contribution in [0.1, 0.15) is 5.56 Å². The predicted molar refractivity (Wildman–Crippen MR) is 102 cm³/mol. The maximum atomic E-state index is 12.3. The molecular weight excluding hydrogens is 348 g/mol. The minimum Gasteiger partial charge on any atom is -0.322 e. The molecule has 4 aromatic rings. The van der Waals surface area contributed by atoms with Crippen LogP contribution >= 0.6 is 11.5 Å². The van der Waals surface area contributed by atoms with Gasteiger partial charge in [0.1, 0.15) is 0 Å². The molecule has 0 unspecified atom stereocenters. The molecule has 2 heterocycles. The number of rotatable bonds is 4. The zero-order chi connectivity index (χ0) is 17.9. The molecule has 7 heteroatoms. The molecule has 0 radical (unpaired) electrons. The van der Waals surface area contributed by atoms with Crippen LogP contribution in [0.25, 0.3) is 22.3 Å². The number of aromatic amines is 1. The van der Waals surface area contributed by atoms with E-state index in [0.29, 0.717) is 16.5 Å². The highest BCUT2D eigenvalue weighted by Crippen LogP contribution is 2.20. The summed E-state index contributed by atoms with van der Waals surface area (Å²) in [4.78, 5) is 31.6. The molecule has 1 amide bonds. The largest absolute Gasteiger partial charge is 0.322 e. The molecule has 2 aromatic carbocycles. The number of nitrogens with one attached hydrogen (secondary N) is 2. The summed E-state index contributed by atoms with van der Waals surface area (Å²) < 4.78 is 4.25. The van der Waals surface area contributed by atoms with E-state index in [9.17, 15) is 9.59 Å². The van der Waals surface area contributed by atoms with Crippen LogP contribution < -0.4 is 10.9 Å². The number of aromatic nitrogens is 3. The third-order valence-corrected chi connectivity index (χ3v) is 4.52. The van der Waals surface area contributed by atoms with E-state index < -0.39 is 0 Å². The zero-order valence-electron chi connectivity index (χ0n) is 13.6. The average molecular weight is 362 g/mol. The van der Waals surface area contributed by atoms with Gasteiger partial charge >= 0.3 is 0 Å². The van der Waals surface area contributed by atoms with Crippen molar-refractivity contribution in [2.75, 3.05) is 5.32 Å². The normalized spacial score (nSPS) is 10.8. The number of amides is 1. The van der Waals surface area contributed by atoms with Gasteiger partial charge in [-0.25, -0.2) is 0 Å². The van der Waals surface area contributed by atoms with E-state index in [-0.39, 0.29) is 17.9 Å². The lowest BCUT2D eigenvalue weighted by molar-refractivity contribution is -0.115. The van der Waals surface area contributed by atoms with E-state index in [1.54, 1.807) is 6.07 Å². The summed E-state index contributed by atoms with van der Waals surface area (Å²) in [5.41, 5.74) is 1.78. The fraction of sp³-hybridized carbons (Fsp3) is 0.0526. The Labute approximate surface area is 152 Å². The minimum atomic E-state index is -0.304. The molecule has 2 N–H and O–H groups in total. The Hall–Kier alpha value is -3.32. The summed E-state index contributed by atoms with van der Waals surface area (Å²) in [5, 5.41) is 4.00. The van der Waals surface area contributed by atoms with Crippen molar-refractivity contribution in [1.82, 2.24) is 14.3 Å². The molecule has 0 atom stereocenters. The van der Waals surface area contributed by atoms with Crippen molar-refractivity contribution in [2.45, 2.75) is 6.42 Å². The molecule has 6 nitrogen and oxygen atoms in total. The summed E-state index contributed by atoms with van der Waals surface area (Å²) in [6, 6.07) is 18.7. The maximum Gasteiger partial charge on any atom is 0.252 e. The standard InChI is InChI=1S/C19H14N4O2S/c24-16(11-14-10-13-8-4-5-9-15(13)20-18(14)25)21-19-22-17(23-26-19)12-6-2-1-3-7-12/h1-10H,11H2,(H,20,25)(H,21,22,23,24). The maximum absolute atomic E-state index is 12.3. The number of H-pyrrole nitrogens is 1. The minimum absolute atomic E-state index is 0.0274. The van der Waals surface area contributed by atoms with Gasteiger partial charge in [-0.3, -0.25) is 9.59 Å². The predicted octanol–water partition coefficient (Wildman–Crippen LogP) is 3.23. The summed E-state index contributed by atoms with van der Waals surface area (Å²) in [6.45, 7) is 0. The van der Waals surface area contributed by atoms with Gasteiger partial charge in [0, 0.05) is 28.2 Å². The Morgan fingerprint density at radius 1 is 1.08 bits per heavy atom. The summed E-state index contributed by atoms with van der Waals surface area (Å²) in [7, 11) is 0. The third kappa shape index (κ3) is 3.38. The molecule has 0 aliphatic rings. The summed E-state index contributed by atoms with van der Waals surface area (Å²) in [6.07, 6.45) is -0.0274. The molecular formula is C19H14N4O2S. The quantitative estimate of drug-likeness (QED) is 0.583. The first-order valence-corrected chi connectivity index (χ1v) is 8.76. The number of hydrogen-bond acceptors (Lipinski definition) is 5. The number of nitrogens with zero attached hydrogens (tertiary/aromatic N) is 2. The molecule has 0 fully saturated rings. The third-order valence-electron chi connectivity index (χ3n) is 3.89. The van der Waals surface area contributed by atoms with Crippen LogP contribution in [-0.4, -0.2) is 20.2 Å². The van der Waals surface area contributed by atoms with Crippen LogP contribution in [-0.2, 0) is 11.2 Å². The van der Waals surface area contributed by atoms with Crippen LogP contribution in [0.3, 0.4) is 0 Å². The van der Waals surface area contributed by atoms with E-state index >= 15 is 0 Å². The highest BCUT2D eigenvalue weighted by Gasteiger charge is 2.12. The van der Waals surface area contributed by atoms with E-state index in [1.165, 1.54) is 0 Å². The van der Waals surface area contributed by atoms with Crippen LogP contribution in [0.4, 0.5) is 5.13 Å². The Morgan fingerprint density at radius 3 is 2.69 bits per heavy atom. The molecule has 0 spiro atoms. The van der Waals surface area contributed by atoms with Crippen LogP contribution in [0.2, 0.25) is 0 Å². The van der Waals surface area contributed by atoms with Crippen molar-refractivity contribution >= 4 is 33.5 Å². The molecule has 0 saturated heterocycles. The number of para-hydroxylation sites is 1. The van der Waals surface area contributed by atoms with Crippen molar-refractivity contribution in [2.24, 2.45) is 0 Å². The Morgan fingerprint density at radius 2 is 1.85 bits per heavy atom. The molecule has 26 heavy (non-hydrogen) atoms. The average Bonchev–Trinajstić information content (AvgIpc) is 3.11. The van der Waals surface area contributed by atoms with Gasteiger partial charge in [0.15, 0.2) is 5.82 Å². The van der Waals surface area contributed by atoms with Gasteiger partial charge in [0.05, 0.1) is 6.42 Å². The molecule has 0 bridgehead atoms. The molecule has 0 aliphatic heterocycles. The van der Waals surface area contributed by atoms with E-state index in [4.69, 9.17) is 0 Å². The Bertz CT molecular complexity index is 1130. The van der Waals surface area contributed by atoms with Crippen LogP contribution in [0, 0.1) is 0 Å². The van der Waals surface area contributed by atoms with Gasteiger partial charge < -0.3 is 10.3 Å². The molecule has 0 saturated carbocycles.